The molecule has 1 aromatic heterocycles. The summed E-state index contributed by atoms with van der Waals surface area (Å²) in [5.41, 5.74) is 1.72. The van der Waals surface area contributed by atoms with E-state index in [1.807, 2.05) is 24.3 Å². The van der Waals surface area contributed by atoms with Crippen molar-refractivity contribution in [3.63, 3.8) is 0 Å². The monoisotopic (exact) mass is 388 g/mol. The van der Waals surface area contributed by atoms with E-state index in [9.17, 15) is 15.2 Å². The molecule has 0 aliphatic rings. The van der Waals surface area contributed by atoms with E-state index in [-0.39, 0.29) is 11.4 Å². The lowest BCUT2D eigenvalue weighted by atomic mass is 10.1. The molecule has 144 valence electrons. The average Bonchev–Trinajstić information content (AvgIpc) is 2.74. The Kier molecular flexibility index (Phi) is 4.70. The van der Waals surface area contributed by atoms with Crippen LogP contribution in [0.3, 0.4) is 0 Å². The molecule has 7 heteroatoms. The van der Waals surface area contributed by atoms with Gasteiger partial charge in [0.1, 0.15) is 22.8 Å². The highest BCUT2D eigenvalue weighted by molar-refractivity contribution is 5.80. The lowest BCUT2D eigenvalue weighted by molar-refractivity contribution is -0.384. The molecule has 0 unspecified atom stereocenters. The molecule has 0 atom stereocenters. The van der Waals surface area contributed by atoms with Crippen LogP contribution in [0.5, 0.6) is 11.5 Å². The number of hydrogen-bond acceptors (Lipinski definition) is 6. The van der Waals surface area contributed by atoms with Gasteiger partial charge >= 0.3 is 0 Å². The molecule has 0 radical (unpaired) electrons. The van der Waals surface area contributed by atoms with Crippen molar-refractivity contribution in [3.8, 4) is 22.8 Å². The number of aromatic hydroxyl groups is 1. The van der Waals surface area contributed by atoms with Gasteiger partial charge in [0, 0.05) is 29.1 Å². The zero-order valence-corrected chi connectivity index (χ0v) is 15.4. The van der Waals surface area contributed by atoms with Crippen LogP contribution in [0.4, 0.5) is 11.4 Å². The molecule has 3 aromatic carbocycles. The molecule has 29 heavy (non-hydrogen) atoms. The van der Waals surface area contributed by atoms with Gasteiger partial charge in [-0.3, -0.25) is 10.1 Å². The molecule has 0 aliphatic carbocycles. The number of ether oxygens (including phenoxy) is 1. The van der Waals surface area contributed by atoms with Crippen molar-refractivity contribution in [1.29, 1.82) is 0 Å². The second-order valence-corrected chi connectivity index (χ2v) is 6.29. The Balaban J connectivity index is 1.94. The molecule has 4 rings (SSSR count). The fourth-order valence-corrected chi connectivity index (χ4v) is 2.96. The number of nitrogens with zero attached hydrogens (tertiary/aromatic N) is 2. The summed E-state index contributed by atoms with van der Waals surface area (Å²) in [6.45, 7) is 0. The Morgan fingerprint density at radius 3 is 2.55 bits per heavy atom. The minimum absolute atomic E-state index is 0.0469. The largest absolute Gasteiger partial charge is 0.508 e. The number of nitro groups is 1. The predicted octanol–water partition coefficient (Wildman–Crippen LogP) is 4.95. The minimum atomic E-state index is -0.466. The molecular weight excluding hydrogens is 372 g/mol. The summed E-state index contributed by atoms with van der Waals surface area (Å²) < 4.78 is 11.2. The molecule has 0 spiro atoms. The lowest BCUT2D eigenvalue weighted by Crippen LogP contribution is -2.03. The fourth-order valence-electron chi connectivity index (χ4n) is 2.96. The molecule has 1 heterocycles. The molecule has 4 aromatic rings. The van der Waals surface area contributed by atoms with Crippen LogP contribution < -0.4 is 10.1 Å². The second-order valence-electron chi connectivity index (χ2n) is 6.29. The molecule has 0 saturated carbocycles. The lowest BCUT2D eigenvalue weighted by Gasteiger charge is -2.06. The third-order valence-electron chi connectivity index (χ3n) is 4.39. The number of methoxy groups -OCH3 is 1. The first-order valence-corrected chi connectivity index (χ1v) is 8.74. The van der Waals surface area contributed by atoms with Crippen molar-refractivity contribution in [1.82, 2.24) is 0 Å². The van der Waals surface area contributed by atoms with Crippen LogP contribution in [0.2, 0.25) is 0 Å². The number of hydrogen-bond donors (Lipinski definition) is 1. The number of phenols is 1. The third kappa shape index (κ3) is 3.79. The normalized spacial score (nSPS) is 11.6. The van der Waals surface area contributed by atoms with Crippen LogP contribution in [0, 0.1) is 10.1 Å². The summed E-state index contributed by atoms with van der Waals surface area (Å²) in [5, 5.41) is 22.1. The Morgan fingerprint density at radius 1 is 1.03 bits per heavy atom. The molecule has 0 fully saturated rings. The Labute approximate surface area is 165 Å². The highest BCUT2D eigenvalue weighted by Gasteiger charge is 2.09. The zero-order chi connectivity index (χ0) is 20.4. The standard InChI is InChI=1S/C22H16N2O5/c1-28-18-8-5-14(6-9-18)22-13-20(19-12-17(25)7-10-21(19)29-22)23-15-3-2-4-16(11-15)24(26)27/h2-13,25H,1H3. The first-order valence-electron chi connectivity index (χ1n) is 8.74. The van der Waals surface area contributed by atoms with E-state index < -0.39 is 4.92 Å². The van der Waals surface area contributed by atoms with Crippen LogP contribution in [0.15, 0.2) is 82.2 Å². The maximum absolute atomic E-state index is 11.1. The van der Waals surface area contributed by atoms with Gasteiger partial charge < -0.3 is 14.3 Å². The first kappa shape index (κ1) is 18.2. The van der Waals surface area contributed by atoms with Crippen molar-refractivity contribution in [3.05, 3.63) is 88.3 Å². The Morgan fingerprint density at radius 2 is 1.83 bits per heavy atom. The van der Waals surface area contributed by atoms with Crippen molar-refractivity contribution in [2.24, 2.45) is 4.99 Å². The summed E-state index contributed by atoms with van der Waals surface area (Å²) in [6.07, 6.45) is 0. The average molecular weight is 388 g/mol. The van der Waals surface area contributed by atoms with Gasteiger partial charge in [-0.15, -0.1) is 0 Å². The van der Waals surface area contributed by atoms with Gasteiger partial charge in [-0.05, 0) is 48.5 Å². The van der Waals surface area contributed by atoms with Crippen LogP contribution in [-0.4, -0.2) is 17.1 Å². The topological polar surface area (TPSA) is 98.1 Å². The van der Waals surface area contributed by atoms with Gasteiger partial charge in [0.2, 0.25) is 0 Å². The summed E-state index contributed by atoms with van der Waals surface area (Å²) in [7, 11) is 1.60. The highest BCUT2D eigenvalue weighted by Crippen LogP contribution is 2.27. The molecular formula is C22H16N2O5. The zero-order valence-electron chi connectivity index (χ0n) is 15.4. The van der Waals surface area contributed by atoms with Crippen molar-refractivity contribution < 1.29 is 19.2 Å². The second kappa shape index (κ2) is 7.47. The van der Waals surface area contributed by atoms with E-state index in [2.05, 4.69) is 4.99 Å². The van der Waals surface area contributed by atoms with Gasteiger partial charge in [-0.1, -0.05) is 6.07 Å². The molecule has 0 amide bonds. The molecule has 0 bridgehead atoms. The third-order valence-corrected chi connectivity index (χ3v) is 4.39. The number of nitro benzene ring substituents is 1. The smallest absolute Gasteiger partial charge is 0.271 e. The number of benzene rings is 3. The summed E-state index contributed by atoms with van der Waals surface area (Å²) in [5.74, 6) is 1.36. The van der Waals surface area contributed by atoms with Crippen LogP contribution in [0.25, 0.3) is 22.3 Å². The summed E-state index contributed by atoms with van der Waals surface area (Å²) in [6, 6.07) is 19.9. The van der Waals surface area contributed by atoms with E-state index in [1.54, 1.807) is 37.4 Å². The predicted molar refractivity (Wildman–Crippen MR) is 108 cm³/mol. The Bertz CT molecular complexity index is 1280. The van der Waals surface area contributed by atoms with E-state index >= 15 is 0 Å². The quantitative estimate of drug-likeness (QED) is 0.394. The maximum Gasteiger partial charge on any atom is 0.271 e. The van der Waals surface area contributed by atoms with E-state index in [4.69, 9.17) is 9.15 Å². The van der Waals surface area contributed by atoms with E-state index in [0.717, 1.165) is 11.3 Å². The van der Waals surface area contributed by atoms with Crippen molar-refractivity contribution >= 4 is 22.3 Å². The SMILES string of the molecule is COc1ccc(-c2cc(=Nc3cccc([N+](=O)[O-])c3)c3cc(O)ccc3o2)cc1. The van der Waals surface area contributed by atoms with Gasteiger partial charge in [0.25, 0.3) is 5.69 Å². The number of phenolic OH excluding ortho intramolecular Hbond substituents is 1. The molecule has 7 nitrogen and oxygen atoms in total. The van der Waals surface area contributed by atoms with Gasteiger partial charge in [0.05, 0.1) is 23.1 Å². The number of fused-ring (bicyclic) bond motifs is 1. The van der Waals surface area contributed by atoms with Crippen molar-refractivity contribution in [2.45, 2.75) is 0 Å². The van der Waals surface area contributed by atoms with Gasteiger partial charge in [-0.25, -0.2) is 4.99 Å². The molecule has 0 aliphatic heterocycles. The summed E-state index contributed by atoms with van der Waals surface area (Å²) in [4.78, 5) is 15.2. The Hall–Kier alpha value is -4.13. The molecule has 0 saturated heterocycles. The minimum Gasteiger partial charge on any atom is -0.508 e. The van der Waals surface area contributed by atoms with Crippen LogP contribution in [-0.2, 0) is 0 Å². The summed E-state index contributed by atoms with van der Waals surface area (Å²) >= 11 is 0. The molecule has 1 N–H and O–H groups in total. The van der Waals surface area contributed by atoms with E-state index in [0.29, 0.717) is 27.8 Å². The van der Waals surface area contributed by atoms with Gasteiger partial charge in [0.15, 0.2) is 0 Å². The van der Waals surface area contributed by atoms with Gasteiger partial charge in [-0.2, -0.15) is 0 Å². The maximum atomic E-state index is 11.1. The fraction of sp³-hybridized carbons (Fsp3) is 0.0455. The van der Waals surface area contributed by atoms with Crippen LogP contribution in [0.1, 0.15) is 0 Å². The van der Waals surface area contributed by atoms with E-state index in [1.165, 1.54) is 18.2 Å². The van der Waals surface area contributed by atoms with Crippen LogP contribution >= 0.6 is 0 Å². The number of rotatable bonds is 4. The first-order chi connectivity index (χ1) is 14.0. The van der Waals surface area contributed by atoms with Crippen molar-refractivity contribution in [2.75, 3.05) is 7.11 Å². The highest BCUT2D eigenvalue weighted by atomic mass is 16.6. The number of non-ortho nitro benzene ring substituents is 1.